The van der Waals surface area contributed by atoms with Crippen LogP contribution in [0, 0.1) is 0 Å². The Balaban J connectivity index is 1.10. The summed E-state index contributed by atoms with van der Waals surface area (Å²) in [6.45, 7) is 0. The lowest BCUT2D eigenvalue weighted by molar-refractivity contribution is 0.669. The number of rotatable bonds is 6. The minimum atomic E-state index is 0.547. The summed E-state index contributed by atoms with van der Waals surface area (Å²) in [5.74, 6) is 1.71. The van der Waals surface area contributed by atoms with Crippen LogP contribution in [-0.2, 0) is 0 Å². The maximum Gasteiger partial charge on any atom is 0.167 e. The zero-order valence-corrected chi connectivity index (χ0v) is 34.5. The van der Waals surface area contributed by atoms with Gasteiger partial charge in [-0.15, -0.1) is 0 Å². The number of para-hydroxylation sites is 2. The summed E-state index contributed by atoms with van der Waals surface area (Å²) in [7, 11) is 0. The Bertz CT molecular complexity index is 3960. The first-order valence-electron chi connectivity index (χ1n) is 21.6. The second-order valence-electron chi connectivity index (χ2n) is 16.4. The number of fused-ring (bicyclic) bond motifs is 9. The molecule has 0 bridgehead atoms. The van der Waals surface area contributed by atoms with Crippen LogP contribution in [0.4, 0.5) is 0 Å². The molecule has 0 amide bonds. The van der Waals surface area contributed by atoms with Gasteiger partial charge in [-0.25, -0.2) is 15.0 Å². The Hall–Kier alpha value is -8.67. The van der Waals surface area contributed by atoms with Crippen molar-refractivity contribution in [1.82, 2.24) is 19.5 Å². The van der Waals surface area contributed by atoms with Crippen LogP contribution in [0.2, 0.25) is 0 Å². The van der Waals surface area contributed by atoms with E-state index < -0.39 is 0 Å². The van der Waals surface area contributed by atoms with Gasteiger partial charge in [-0.05, 0) is 81.4 Å². The van der Waals surface area contributed by atoms with Crippen molar-refractivity contribution < 1.29 is 4.42 Å². The second-order valence-corrected chi connectivity index (χ2v) is 16.4. The van der Waals surface area contributed by atoms with Crippen molar-refractivity contribution in [3.05, 3.63) is 218 Å². The lowest BCUT2D eigenvalue weighted by Gasteiger charge is -2.18. The van der Waals surface area contributed by atoms with Gasteiger partial charge in [0.15, 0.2) is 17.5 Å². The zero-order valence-electron chi connectivity index (χ0n) is 34.5. The summed E-state index contributed by atoms with van der Waals surface area (Å²) in [5, 5.41) is 9.29. The minimum absolute atomic E-state index is 0.547. The smallest absolute Gasteiger partial charge is 0.167 e. The number of hydrogen-bond acceptors (Lipinski definition) is 4. The van der Waals surface area contributed by atoms with Crippen molar-refractivity contribution in [2.45, 2.75) is 0 Å². The Morgan fingerprint density at radius 3 is 1.78 bits per heavy atom. The molecule has 3 aromatic heterocycles. The van der Waals surface area contributed by atoms with Gasteiger partial charge < -0.3 is 8.98 Å². The predicted molar refractivity (Wildman–Crippen MR) is 264 cm³/mol. The zero-order chi connectivity index (χ0) is 42.1. The summed E-state index contributed by atoms with van der Waals surface area (Å²) in [4.78, 5) is 15.7. The van der Waals surface area contributed by atoms with Gasteiger partial charge in [0.1, 0.15) is 11.2 Å². The van der Waals surface area contributed by atoms with Gasteiger partial charge in [-0.3, -0.25) is 0 Å². The number of aromatic nitrogens is 4. The van der Waals surface area contributed by atoms with Crippen LogP contribution in [-0.4, -0.2) is 19.5 Å². The van der Waals surface area contributed by atoms with Crippen LogP contribution in [0.15, 0.2) is 223 Å². The first-order valence-corrected chi connectivity index (χ1v) is 21.6. The summed E-state index contributed by atoms with van der Waals surface area (Å²) in [5.41, 5.74) is 12.0. The van der Waals surface area contributed by atoms with E-state index >= 15 is 0 Å². The molecular formula is C59H36N4O. The molecule has 0 saturated heterocycles. The van der Waals surface area contributed by atoms with Gasteiger partial charge in [0.2, 0.25) is 0 Å². The molecule has 10 aromatic carbocycles. The molecule has 0 aliphatic heterocycles. The molecule has 298 valence electrons. The third kappa shape index (κ3) is 5.83. The average Bonchev–Trinajstić information content (AvgIpc) is 3.91. The number of hydrogen-bond donors (Lipinski definition) is 0. The van der Waals surface area contributed by atoms with Gasteiger partial charge in [-0.2, -0.15) is 0 Å². The predicted octanol–water partition coefficient (Wildman–Crippen LogP) is 15.5. The molecule has 13 rings (SSSR count). The van der Waals surface area contributed by atoms with Crippen LogP contribution >= 0.6 is 0 Å². The van der Waals surface area contributed by atoms with Crippen molar-refractivity contribution in [3.8, 4) is 62.1 Å². The van der Waals surface area contributed by atoms with E-state index in [1.54, 1.807) is 0 Å². The Morgan fingerprint density at radius 2 is 0.953 bits per heavy atom. The molecular weight excluding hydrogens is 781 g/mol. The second kappa shape index (κ2) is 14.5. The minimum Gasteiger partial charge on any atom is -0.455 e. The highest BCUT2D eigenvalue weighted by Crippen LogP contribution is 2.43. The molecule has 13 aromatic rings. The summed E-state index contributed by atoms with van der Waals surface area (Å²) in [6.07, 6.45) is 0. The Kier molecular flexibility index (Phi) is 8.15. The topological polar surface area (TPSA) is 56.7 Å². The molecule has 0 unspecified atom stereocenters. The quantitative estimate of drug-likeness (QED) is 0.168. The molecule has 0 radical (unpaired) electrons. The van der Waals surface area contributed by atoms with Gasteiger partial charge >= 0.3 is 0 Å². The normalized spacial score (nSPS) is 11.8. The van der Waals surface area contributed by atoms with Crippen molar-refractivity contribution in [2.75, 3.05) is 0 Å². The summed E-state index contributed by atoms with van der Waals surface area (Å²) >= 11 is 0. The van der Waals surface area contributed by atoms with E-state index in [4.69, 9.17) is 19.4 Å². The van der Waals surface area contributed by atoms with Gasteiger partial charge in [0.05, 0.1) is 22.3 Å². The van der Waals surface area contributed by atoms with E-state index in [-0.39, 0.29) is 0 Å². The molecule has 0 N–H and O–H groups in total. The average molecular weight is 817 g/mol. The Labute approximate surface area is 368 Å². The first kappa shape index (κ1) is 36.0. The highest BCUT2D eigenvalue weighted by molar-refractivity contribution is 6.21. The molecule has 0 aliphatic rings. The fourth-order valence-corrected chi connectivity index (χ4v) is 9.58. The summed E-state index contributed by atoms with van der Waals surface area (Å²) < 4.78 is 9.01. The van der Waals surface area contributed by atoms with E-state index in [9.17, 15) is 0 Å². The van der Waals surface area contributed by atoms with E-state index in [2.05, 4.69) is 168 Å². The maximum absolute atomic E-state index is 6.54. The van der Waals surface area contributed by atoms with Gasteiger partial charge in [0, 0.05) is 43.6 Å². The number of benzene rings is 10. The number of furan rings is 1. The van der Waals surface area contributed by atoms with Crippen LogP contribution in [0.3, 0.4) is 0 Å². The van der Waals surface area contributed by atoms with Crippen molar-refractivity contribution >= 4 is 65.3 Å². The third-order valence-electron chi connectivity index (χ3n) is 12.6. The lowest BCUT2D eigenvalue weighted by Crippen LogP contribution is -2.02. The maximum atomic E-state index is 6.54. The van der Waals surface area contributed by atoms with E-state index in [1.807, 2.05) is 54.6 Å². The molecule has 0 fully saturated rings. The molecule has 5 heteroatoms. The largest absolute Gasteiger partial charge is 0.455 e. The molecule has 0 saturated carbocycles. The molecule has 5 nitrogen and oxygen atoms in total. The van der Waals surface area contributed by atoms with E-state index in [0.29, 0.717) is 17.5 Å². The molecule has 3 heterocycles. The van der Waals surface area contributed by atoms with Gasteiger partial charge in [-0.1, -0.05) is 170 Å². The number of nitrogens with zero attached hydrogens (tertiary/aromatic N) is 4. The van der Waals surface area contributed by atoms with Crippen LogP contribution in [0.5, 0.6) is 0 Å². The van der Waals surface area contributed by atoms with Gasteiger partial charge in [0.25, 0.3) is 0 Å². The fourth-order valence-electron chi connectivity index (χ4n) is 9.58. The Morgan fingerprint density at radius 1 is 0.328 bits per heavy atom. The fraction of sp³-hybridized carbons (Fsp3) is 0. The highest BCUT2D eigenvalue weighted by Gasteiger charge is 2.22. The highest BCUT2D eigenvalue weighted by atomic mass is 16.3. The standard InChI is InChI=1S/C59H36N4O/c1-3-15-37(16-4-1)40-22-13-23-43(33-40)50-35-44(30-32-52(50)63-53-36-42-21-8-7-20-41(42)34-51(53)47-31-29-38-17-9-10-24-45(38)55(47)63)58-60-57(39-18-5-2-6-19-39)61-59(62-58)49-27-14-26-48-46-25-11-12-28-54(46)64-56(48)49/h1-36H. The van der Waals surface area contributed by atoms with Crippen molar-refractivity contribution in [1.29, 1.82) is 0 Å². The SMILES string of the molecule is c1ccc(-c2cccc(-c3cc(-c4nc(-c5ccccc5)nc(-c5cccc6c5oc5ccccc56)n4)ccc3-n3c4cc5ccccc5cc4c4ccc5ccccc5c43)c2)cc1. The van der Waals surface area contributed by atoms with Crippen LogP contribution in [0.1, 0.15) is 0 Å². The molecule has 0 atom stereocenters. The van der Waals surface area contributed by atoms with Crippen LogP contribution in [0.25, 0.3) is 127 Å². The summed E-state index contributed by atoms with van der Waals surface area (Å²) in [6, 6.07) is 77.2. The molecule has 0 aliphatic carbocycles. The molecule has 0 spiro atoms. The third-order valence-corrected chi connectivity index (χ3v) is 12.6. The lowest BCUT2D eigenvalue weighted by atomic mass is 9.96. The monoisotopic (exact) mass is 816 g/mol. The molecule has 64 heavy (non-hydrogen) atoms. The van der Waals surface area contributed by atoms with E-state index in [1.165, 1.54) is 37.8 Å². The van der Waals surface area contributed by atoms with Crippen molar-refractivity contribution in [3.63, 3.8) is 0 Å². The van der Waals surface area contributed by atoms with Crippen molar-refractivity contribution in [2.24, 2.45) is 0 Å². The van der Waals surface area contributed by atoms with Crippen LogP contribution < -0.4 is 0 Å². The first-order chi connectivity index (χ1) is 31.7. The van der Waals surface area contributed by atoms with E-state index in [0.717, 1.165) is 72.1 Å².